The van der Waals surface area contributed by atoms with Crippen molar-refractivity contribution in [1.82, 2.24) is 4.90 Å². The van der Waals surface area contributed by atoms with Crippen LogP contribution in [-0.4, -0.2) is 30.1 Å². The van der Waals surface area contributed by atoms with Crippen LogP contribution in [-0.2, 0) is 6.42 Å². The largest absolute Gasteiger partial charge is 0.329 e. The number of benzene rings is 1. The van der Waals surface area contributed by atoms with Crippen LogP contribution >= 0.6 is 0 Å². The third-order valence-electron chi connectivity index (χ3n) is 4.26. The van der Waals surface area contributed by atoms with Crippen LogP contribution < -0.4 is 5.73 Å². The first-order chi connectivity index (χ1) is 8.22. The van der Waals surface area contributed by atoms with Crippen molar-refractivity contribution in [2.45, 2.75) is 44.2 Å². The van der Waals surface area contributed by atoms with Gasteiger partial charge in [-0.3, -0.25) is 4.90 Å². The van der Waals surface area contributed by atoms with Crippen molar-refractivity contribution in [1.29, 1.82) is 0 Å². The van der Waals surface area contributed by atoms with E-state index in [2.05, 4.69) is 49.2 Å². The lowest BCUT2D eigenvalue weighted by molar-refractivity contribution is 0.111. The molecule has 1 atom stereocenters. The van der Waals surface area contributed by atoms with Crippen molar-refractivity contribution in [2.75, 3.05) is 13.6 Å². The van der Waals surface area contributed by atoms with E-state index in [1.807, 2.05) is 0 Å². The Hall–Kier alpha value is -0.860. The van der Waals surface area contributed by atoms with E-state index in [1.165, 1.54) is 18.4 Å². The average Bonchev–Trinajstić information content (AvgIpc) is 3.21. The van der Waals surface area contributed by atoms with Gasteiger partial charge in [-0.05, 0) is 38.3 Å². The monoisotopic (exact) mass is 232 g/mol. The van der Waals surface area contributed by atoms with E-state index >= 15 is 0 Å². The van der Waals surface area contributed by atoms with Gasteiger partial charge >= 0.3 is 0 Å². The van der Waals surface area contributed by atoms with E-state index in [0.717, 1.165) is 25.4 Å². The van der Waals surface area contributed by atoms with Crippen LogP contribution in [0.15, 0.2) is 30.3 Å². The molecule has 1 unspecified atom stereocenters. The maximum Gasteiger partial charge on any atom is 0.0369 e. The second-order valence-corrected chi connectivity index (χ2v) is 5.29. The summed E-state index contributed by atoms with van der Waals surface area (Å²) in [6.45, 7) is 3.00. The molecule has 1 saturated carbocycles. The van der Waals surface area contributed by atoms with Gasteiger partial charge in [-0.25, -0.2) is 0 Å². The zero-order chi connectivity index (χ0) is 12.3. The molecule has 1 aromatic carbocycles. The standard InChI is InChI=1S/C15H24N2/c1-3-15(12-16,17(2)14-9-10-14)11-13-7-5-4-6-8-13/h4-8,14H,3,9-12,16H2,1-2H3. The van der Waals surface area contributed by atoms with Gasteiger partial charge < -0.3 is 5.73 Å². The van der Waals surface area contributed by atoms with E-state index in [1.54, 1.807) is 0 Å². The molecule has 0 amide bonds. The zero-order valence-electron chi connectivity index (χ0n) is 11.0. The number of rotatable bonds is 6. The van der Waals surface area contributed by atoms with E-state index < -0.39 is 0 Å². The highest BCUT2D eigenvalue weighted by Gasteiger charge is 2.39. The average molecular weight is 232 g/mol. The predicted molar refractivity (Wildman–Crippen MR) is 73.0 cm³/mol. The zero-order valence-corrected chi connectivity index (χ0v) is 11.0. The minimum absolute atomic E-state index is 0.141. The first-order valence-corrected chi connectivity index (χ1v) is 6.69. The first-order valence-electron chi connectivity index (χ1n) is 6.69. The van der Waals surface area contributed by atoms with Crippen molar-refractivity contribution in [2.24, 2.45) is 5.73 Å². The van der Waals surface area contributed by atoms with Gasteiger partial charge in [0.05, 0.1) is 0 Å². The molecule has 0 saturated heterocycles. The highest BCUT2D eigenvalue weighted by molar-refractivity contribution is 5.18. The minimum Gasteiger partial charge on any atom is -0.329 e. The van der Waals surface area contributed by atoms with Crippen molar-refractivity contribution < 1.29 is 0 Å². The Morgan fingerprint density at radius 3 is 2.41 bits per heavy atom. The maximum atomic E-state index is 6.09. The van der Waals surface area contributed by atoms with Crippen LogP contribution in [0.3, 0.4) is 0 Å². The van der Waals surface area contributed by atoms with E-state index in [9.17, 15) is 0 Å². The van der Waals surface area contributed by atoms with Gasteiger partial charge in [0.2, 0.25) is 0 Å². The Labute approximate surface area is 105 Å². The fraction of sp³-hybridized carbons (Fsp3) is 0.600. The number of nitrogens with two attached hydrogens (primary N) is 1. The van der Waals surface area contributed by atoms with E-state index in [4.69, 9.17) is 5.73 Å². The molecule has 1 aliphatic rings. The quantitative estimate of drug-likeness (QED) is 0.816. The SMILES string of the molecule is CCC(CN)(Cc1ccccc1)N(C)C1CC1. The highest BCUT2D eigenvalue weighted by atomic mass is 15.2. The van der Waals surface area contributed by atoms with Crippen LogP contribution in [0.5, 0.6) is 0 Å². The number of hydrogen-bond acceptors (Lipinski definition) is 2. The summed E-state index contributed by atoms with van der Waals surface area (Å²) in [6.07, 6.45) is 4.86. The summed E-state index contributed by atoms with van der Waals surface area (Å²) in [5.41, 5.74) is 7.63. The molecule has 0 aliphatic heterocycles. The molecule has 0 radical (unpaired) electrons. The molecule has 94 valence electrons. The second kappa shape index (κ2) is 5.19. The highest BCUT2D eigenvalue weighted by Crippen LogP contribution is 2.34. The Bertz CT molecular complexity index is 339. The van der Waals surface area contributed by atoms with E-state index in [0.29, 0.717) is 0 Å². The molecule has 0 bridgehead atoms. The maximum absolute atomic E-state index is 6.09. The Balaban J connectivity index is 2.15. The summed E-state index contributed by atoms with van der Waals surface area (Å²) in [7, 11) is 2.25. The number of hydrogen-bond donors (Lipinski definition) is 1. The lowest BCUT2D eigenvalue weighted by Gasteiger charge is -2.41. The fourth-order valence-electron chi connectivity index (χ4n) is 2.68. The van der Waals surface area contributed by atoms with Crippen LogP contribution in [0, 0.1) is 0 Å². The molecule has 1 aromatic rings. The third kappa shape index (κ3) is 2.70. The smallest absolute Gasteiger partial charge is 0.0369 e. The molecule has 2 nitrogen and oxygen atoms in total. The molecule has 1 aliphatic carbocycles. The summed E-state index contributed by atoms with van der Waals surface area (Å²) in [5.74, 6) is 0. The predicted octanol–water partition coefficient (Wildman–Crippen LogP) is 2.43. The third-order valence-corrected chi connectivity index (χ3v) is 4.26. The van der Waals surface area contributed by atoms with Crippen molar-refractivity contribution in [3.63, 3.8) is 0 Å². The molecular weight excluding hydrogens is 208 g/mol. The van der Waals surface area contributed by atoms with Crippen LogP contribution in [0.4, 0.5) is 0 Å². The van der Waals surface area contributed by atoms with Gasteiger partial charge in [-0.15, -0.1) is 0 Å². The van der Waals surface area contributed by atoms with Crippen molar-refractivity contribution in [3.05, 3.63) is 35.9 Å². The van der Waals surface area contributed by atoms with E-state index in [-0.39, 0.29) is 5.54 Å². The van der Waals surface area contributed by atoms with Gasteiger partial charge in [0.1, 0.15) is 0 Å². The van der Waals surface area contributed by atoms with Crippen molar-refractivity contribution >= 4 is 0 Å². The normalized spacial score (nSPS) is 19.3. The van der Waals surface area contributed by atoms with Gasteiger partial charge in [0.15, 0.2) is 0 Å². The van der Waals surface area contributed by atoms with Gasteiger partial charge in [0.25, 0.3) is 0 Å². The van der Waals surface area contributed by atoms with Crippen molar-refractivity contribution in [3.8, 4) is 0 Å². The molecule has 0 heterocycles. The van der Waals surface area contributed by atoms with Crippen LogP contribution in [0.25, 0.3) is 0 Å². The summed E-state index contributed by atoms with van der Waals surface area (Å²) < 4.78 is 0. The summed E-state index contributed by atoms with van der Waals surface area (Å²) in [5, 5.41) is 0. The van der Waals surface area contributed by atoms with Gasteiger partial charge in [-0.2, -0.15) is 0 Å². The molecule has 0 spiro atoms. The molecule has 2 heteroatoms. The Kier molecular flexibility index (Phi) is 3.85. The second-order valence-electron chi connectivity index (χ2n) is 5.29. The lowest BCUT2D eigenvalue weighted by Crippen LogP contribution is -2.54. The Morgan fingerprint density at radius 2 is 1.94 bits per heavy atom. The molecule has 1 fully saturated rings. The lowest BCUT2D eigenvalue weighted by atomic mass is 9.86. The number of likely N-dealkylation sites (N-methyl/N-ethyl adjacent to an activating group) is 1. The summed E-state index contributed by atoms with van der Waals surface area (Å²) >= 11 is 0. The van der Waals surface area contributed by atoms with Gasteiger partial charge in [-0.1, -0.05) is 37.3 Å². The summed E-state index contributed by atoms with van der Waals surface area (Å²) in [4.78, 5) is 2.53. The minimum atomic E-state index is 0.141. The molecule has 2 rings (SSSR count). The fourth-order valence-corrected chi connectivity index (χ4v) is 2.68. The topological polar surface area (TPSA) is 29.3 Å². The number of nitrogens with zero attached hydrogens (tertiary/aromatic N) is 1. The molecule has 2 N–H and O–H groups in total. The first kappa shape index (κ1) is 12.6. The van der Waals surface area contributed by atoms with Gasteiger partial charge in [0, 0.05) is 18.1 Å². The molecule has 17 heavy (non-hydrogen) atoms. The van der Waals surface area contributed by atoms with Crippen LogP contribution in [0.1, 0.15) is 31.7 Å². The Morgan fingerprint density at radius 1 is 1.29 bits per heavy atom. The van der Waals surface area contributed by atoms with Crippen LogP contribution in [0.2, 0.25) is 0 Å². The molecule has 0 aromatic heterocycles. The molecular formula is C15H24N2. The summed E-state index contributed by atoms with van der Waals surface area (Å²) in [6, 6.07) is 11.5.